The number of carbonyl (C=O) groups is 2. The number of aryl methyl sites for hydroxylation is 2. The lowest BCUT2D eigenvalue weighted by atomic mass is 10.1. The molecule has 3 atom stereocenters. The summed E-state index contributed by atoms with van der Waals surface area (Å²) in [5, 5.41) is 0. The van der Waals surface area contributed by atoms with Crippen LogP contribution in [0.1, 0.15) is 31.8 Å². The molecule has 1 aliphatic heterocycles. The fourth-order valence-electron chi connectivity index (χ4n) is 4.28. The van der Waals surface area contributed by atoms with Gasteiger partial charge < -0.3 is 23.3 Å². The third-order valence-corrected chi connectivity index (χ3v) is 8.77. The molecule has 0 saturated carbocycles. The molecular weight excluding hydrogens is 642 g/mol. The van der Waals surface area contributed by atoms with Gasteiger partial charge in [0.1, 0.15) is 24.2 Å². The molecule has 0 radical (unpaired) electrons. The summed E-state index contributed by atoms with van der Waals surface area (Å²) in [6, 6.07) is 29.7. The van der Waals surface area contributed by atoms with E-state index >= 15 is 0 Å². The van der Waals surface area contributed by atoms with Gasteiger partial charge in [-0.25, -0.2) is 18.7 Å². The van der Waals surface area contributed by atoms with Crippen LogP contribution in [-0.4, -0.2) is 41.4 Å². The van der Waals surface area contributed by atoms with E-state index in [1.807, 2.05) is 13.8 Å². The molecule has 45 heavy (non-hydrogen) atoms. The van der Waals surface area contributed by atoms with Crippen molar-refractivity contribution in [3.63, 3.8) is 0 Å². The van der Waals surface area contributed by atoms with E-state index in [-0.39, 0.29) is 17.1 Å². The Morgan fingerprint density at radius 1 is 0.733 bits per heavy atom. The first kappa shape index (κ1) is 32.5. The van der Waals surface area contributed by atoms with Crippen LogP contribution in [0, 0.1) is 13.8 Å². The molecule has 3 unspecified atom stereocenters. The molecule has 4 aromatic carbocycles. The monoisotopic (exact) mass is 670 g/mol. The number of halogens is 2. The number of hydrogen-bond acceptors (Lipinski definition) is 9. The van der Waals surface area contributed by atoms with Gasteiger partial charge in [-0.05, 0) is 62.4 Å². The molecule has 5 rings (SSSR count). The van der Waals surface area contributed by atoms with Gasteiger partial charge in [0.2, 0.25) is 10.6 Å². The van der Waals surface area contributed by atoms with Crippen molar-refractivity contribution in [2.45, 2.75) is 36.7 Å². The van der Waals surface area contributed by atoms with E-state index in [1.165, 1.54) is 0 Å². The Labute approximate surface area is 270 Å². The number of ether oxygens (including phenoxy) is 3. The zero-order chi connectivity index (χ0) is 32.0. The summed E-state index contributed by atoms with van der Waals surface area (Å²) in [5.41, 5.74) is 2.40. The van der Waals surface area contributed by atoms with Gasteiger partial charge in [-0.3, -0.25) is 0 Å². The van der Waals surface area contributed by atoms with Crippen LogP contribution in [-0.2, 0) is 23.3 Å². The van der Waals surface area contributed by atoms with Crippen molar-refractivity contribution < 1.29 is 41.9 Å². The van der Waals surface area contributed by atoms with E-state index in [1.54, 1.807) is 109 Å². The Morgan fingerprint density at radius 3 is 1.69 bits per heavy atom. The zero-order valence-corrected chi connectivity index (χ0v) is 26.6. The fraction of sp³-hybridized carbons (Fsp3) is 0.212. The second-order valence-electron chi connectivity index (χ2n) is 10.2. The molecule has 0 spiro atoms. The van der Waals surface area contributed by atoms with Crippen LogP contribution in [0.25, 0.3) is 0 Å². The Kier molecular flexibility index (Phi) is 10.2. The molecule has 9 nitrogen and oxygen atoms in total. The van der Waals surface area contributed by atoms with Crippen LogP contribution in [0.3, 0.4) is 0 Å². The number of carbonyl (C=O) groups excluding carboxylic acids is 2. The summed E-state index contributed by atoms with van der Waals surface area (Å²) in [7, 11) is -4.58. The molecule has 0 amide bonds. The smallest absolute Gasteiger partial charge is 0.459 e. The largest absolute Gasteiger partial charge is 0.590 e. The standard InChI is InChI=1S/C33H29Cl2O9P/c1-22-13-17-24(18-14-22)30(36)39-21-28-29(41-31(37)25-19-15-23(2)16-20-25)33(34,35)32(40-28)44-45(38,42-26-9-5-3-6-10-26)43-27-11-7-4-8-12-27/h3-20,28-29,32H,21H2,1-2H3. The SMILES string of the molecule is Cc1ccc(C(=O)OCC2OC(OP(=O)(Oc3ccccc3)Oc3ccccc3)C(Cl)(Cl)C2OC(=O)c2ccc(C)cc2)cc1. The van der Waals surface area contributed by atoms with Gasteiger partial charge in [0.15, 0.2) is 6.10 Å². The fourth-order valence-corrected chi connectivity index (χ4v) is 6.30. The molecule has 12 heteroatoms. The number of rotatable bonds is 11. The molecule has 0 aliphatic carbocycles. The Hall–Kier alpha value is -3.85. The van der Waals surface area contributed by atoms with Crippen LogP contribution >= 0.6 is 31.0 Å². The first-order chi connectivity index (χ1) is 21.5. The third-order valence-electron chi connectivity index (χ3n) is 6.66. The van der Waals surface area contributed by atoms with Gasteiger partial charge in [-0.15, -0.1) is 0 Å². The summed E-state index contributed by atoms with van der Waals surface area (Å²) in [4.78, 5) is 26.0. The molecule has 1 heterocycles. The highest BCUT2D eigenvalue weighted by atomic mass is 35.5. The van der Waals surface area contributed by atoms with Crippen LogP contribution in [0.4, 0.5) is 0 Å². The lowest BCUT2D eigenvalue weighted by Gasteiger charge is -2.28. The van der Waals surface area contributed by atoms with Crippen molar-refractivity contribution in [3.8, 4) is 11.5 Å². The van der Waals surface area contributed by atoms with E-state index in [0.29, 0.717) is 5.56 Å². The Balaban J connectivity index is 1.41. The minimum atomic E-state index is -4.58. The number of para-hydroxylation sites is 2. The minimum Gasteiger partial charge on any atom is -0.459 e. The maximum absolute atomic E-state index is 14.1. The van der Waals surface area contributed by atoms with Crippen LogP contribution in [0.15, 0.2) is 109 Å². The van der Waals surface area contributed by atoms with Gasteiger partial charge in [0.05, 0.1) is 11.1 Å². The highest BCUT2D eigenvalue weighted by Crippen LogP contribution is 2.55. The first-order valence-corrected chi connectivity index (χ1v) is 16.1. The highest BCUT2D eigenvalue weighted by molar-refractivity contribution is 7.49. The Morgan fingerprint density at radius 2 is 1.20 bits per heavy atom. The zero-order valence-electron chi connectivity index (χ0n) is 24.2. The van der Waals surface area contributed by atoms with E-state index in [9.17, 15) is 14.2 Å². The maximum atomic E-state index is 14.1. The third kappa shape index (κ3) is 8.25. The van der Waals surface area contributed by atoms with Crippen molar-refractivity contribution in [2.75, 3.05) is 6.61 Å². The van der Waals surface area contributed by atoms with Crippen LogP contribution in [0.2, 0.25) is 0 Å². The Bertz CT molecular complexity index is 1600. The second-order valence-corrected chi connectivity index (χ2v) is 13.1. The van der Waals surface area contributed by atoms with Gasteiger partial charge in [0, 0.05) is 0 Å². The second kappa shape index (κ2) is 14.1. The quantitative estimate of drug-likeness (QED) is 0.0895. The normalized spacial score (nSPS) is 19.0. The number of phosphoric ester groups is 1. The molecule has 234 valence electrons. The summed E-state index contributed by atoms with van der Waals surface area (Å²) >= 11 is 13.6. The van der Waals surface area contributed by atoms with E-state index in [4.69, 9.17) is 51.0 Å². The van der Waals surface area contributed by atoms with Gasteiger partial charge in [-0.2, -0.15) is 0 Å². The predicted molar refractivity (Wildman–Crippen MR) is 168 cm³/mol. The van der Waals surface area contributed by atoms with Crippen LogP contribution in [0.5, 0.6) is 11.5 Å². The van der Waals surface area contributed by atoms with Crippen molar-refractivity contribution in [3.05, 3.63) is 131 Å². The lowest BCUT2D eigenvalue weighted by molar-refractivity contribution is -0.105. The minimum absolute atomic E-state index is 0.162. The lowest BCUT2D eigenvalue weighted by Crippen LogP contribution is -2.43. The average molecular weight is 671 g/mol. The predicted octanol–water partition coefficient (Wildman–Crippen LogP) is 7.87. The van der Waals surface area contributed by atoms with Crippen LogP contribution < -0.4 is 9.05 Å². The summed E-state index contributed by atoms with van der Waals surface area (Å²) in [6.07, 6.45) is -4.43. The number of phosphoric acid groups is 1. The van der Waals surface area contributed by atoms with Gasteiger partial charge in [0.25, 0.3) is 0 Å². The summed E-state index contributed by atoms with van der Waals surface area (Å²) < 4.78 is 46.2. The van der Waals surface area contributed by atoms with Crippen molar-refractivity contribution in [1.82, 2.24) is 0 Å². The van der Waals surface area contributed by atoms with Crippen molar-refractivity contribution in [1.29, 1.82) is 0 Å². The average Bonchev–Trinajstić information content (AvgIpc) is 3.25. The molecule has 0 aromatic heterocycles. The molecule has 1 fully saturated rings. The van der Waals surface area contributed by atoms with Crippen molar-refractivity contribution >= 4 is 43.0 Å². The van der Waals surface area contributed by atoms with Gasteiger partial charge in [-0.1, -0.05) is 95.0 Å². The molecule has 4 aromatic rings. The summed E-state index contributed by atoms with van der Waals surface area (Å²) in [6.45, 7) is 3.32. The molecule has 0 bridgehead atoms. The number of hydrogen-bond donors (Lipinski definition) is 0. The molecule has 0 N–H and O–H groups in total. The highest BCUT2D eigenvalue weighted by Gasteiger charge is 2.61. The molecule has 1 saturated heterocycles. The van der Waals surface area contributed by atoms with E-state index in [2.05, 4.69) is 0 Å². The maximum Gasteiger partial charge on any atom is 0.590 e. The van der Waals surface area contributed by atoms with E-state index < -0.39 is 49.2 Å². The summed E-state index contributed by atoms with van der Waals surface area (Å²) in [5.74, 6) is -1.10. The van der Waals surface area contributed by atoms with Gasteiger partial charge >= 0.3 is 19.8 Å². The molecule has 1 aliphatic rings. The number of esters is 2. The number of alkyl halides is 2. The topological polar surface area (TPSA) is 107 Å². The first-order valence-electron chi connectivity index (χ1n) is 13.8. The van der Waals surface area contributed by atoms with Crippen molar-refractivity contribution in [2.24, 2.45) is 0 Å². The number of benzene rings is 4. The molecular formula is C33H29Cl2O9P. The van der Waals surface area contributed by atoms with E-state index in [0.717, 1.165) is 11.1 Å².